The lowest BCUT2D eigenvalue weighted by Gasteiger charge is -2.25. The number of aromatic hydroxyl groups is 2. The molecule has 6 amide bonds. The van der Waals surface area contributed by atoms with Crippen molar-refractivity contribution in [2.45, 2.75) is 167 Å². The Labute approximate surface area is 437 Å². The molecule has 16 heteroatoms. The van der Waals surface area contributed by atoms with Crippen LogP contribution in [0.1, 0.15) is 128 Å². The summed E-state index contributed by atoms with van der Waals surface area (Å²) in [6.07, 6.45) is 8.93. The van der Waals surface area contributed by atoms with Crippen molar-refractivity contribution in [3.8, 4) is 11.5 Å². The quantitative estimate of drug-likeness (QED) is 0.0243. The zero-order chi connectivity index (χ0) is 53.9. The summed E-state index contributed by atoms with van der Waals surface area (Å²) in [6, 6.07) is 27.6. The van der Waals surface area contributed by atoms with E-state index in [0.717, 1.165) is 86.5 Å². The first-order chi connectivity index (χ1) is 35.2. The third kappa shape index (κ3) is 24.5. The van der Waals surface area contributed by atoms with Gasteiger partial charge in [-0.25, -0.2) is 9.59 Å². The molecule has 74 heavy (non-hydrogen) atoms. The SMILES string of the molecule is CC(C)(C)OC(=O)N[C@H](Cc1ccccc1)C(=O)N[C@@H](Cc1ccc(O)cc1)C(=O)NCCCCCCCCCCCCNC(=O)[C@H](Cc1ccc(O)cc1)NC(=O)[C@@H](Cc1ccccc1)NC(=O)OC(C)(C)C. The number of carbonyl (C=O) groups is 6. The Morgan fingerprint density at radius 3 is 0.946 bits per heavy atom. The number of ether oxygens (including phenoxy) is 2. The third-order valence-corrected chi connectivity index (χ3v) is 11.8. The van der Waals surface area contributed by atoms with Crippen molar-refractivity contribution >= 4 is 35.8 Å². The molecule has 0 saturated carbocycles. The fourth-order valence-corrected chi connectivity index (χ4v) is 8.05. The summed E-state index contributed by atoms with van der Waals surface area (Å²) in [5.41, 5.74) is 1.57. The number of unbranched alkanes of at least 4 members (excludes halogenated alkanes) is 9. The van der Waals surface area contributed by atoms with Crippen LogP contribution in [0.5, 0.6) is 11.5 Å². The zero-order valence-corrected chi connectivity index (χ0v) is 44.2. The van der Waals surface area contributed by atoms with Crippen molar-refractivity contribution in [1.29, 1.82) is 0 Å². The van der Waals surface area contributed by atoms with Crippen LogP contribution in [0.25, 0.3) is 0 Å². The molecule has 0 aliphatic carbocycles. The Bertz CT molecular complexity index is 2170. The molecule has 402 valence electrons. The largest absolute Gasteiger partial charge is 0.508 e. The van der Waals surface area contributed by atoms with Crippen LogP contribution in [0.3, 0.4) is 0 Å². The lowest BCUT2D eigenvalue weighted by molar-refractivity contribution is -0.130. The molecule has 0 aliphatic rings. The maximum absolute atomic E-state index is 13.8. The van der Waals surface area contributed by atoms with Gasteiger partial charge in [-0.15, -0.1) is 0 Å². The summed E-state index contributed by atoms with van der Waals surface area (Å²) in [5, 5.41) is 36.8. The zero-order valence-electron chi connectivity index (χ0n) is 44.2. The van der Waals surface area contributed by atoms with E-state index in [1.54, 1.807) is 65.8 Å². The van der Waals surface area contributed by atoms with Gasteiger partial charge in [0.25, 0.3) is 0 Å². The van der Waals surface area contributed by atoms with Crippen molar-refractivity contribution in [3.63, 3.8) is 0 Å². The summed E-state index contributed by atoms with van der Waals surface area (Å²) in [7, 11) is 0. The number of benzene rings is 4. The van der Waals surface area contributed by atoms with Crippen molar-refractivity contribution in [3.05, 3.63) is 131 Å². The Balaban J connectivity index is 1.17. The van der Waals surface area contributed by atoms with Gasteiger partial charge in [-0.05, 0) is 101 Å². The predicted octanol–water partition coefficient (Wildman–Crippen LogP) is 8.26. The highest BCUT2D eigenvalue weighted by Gasteiger charge is 2.31. The minimum absolute atomic E-state index is 0.0867. The van der Waals surface area contributed by atoms with Gasteiger partial charge in [0.05, 0.1) is 0 Å². The van der Waals surface area contributed by atoms with Gasteiger partial charge < -0.3 is 51.6 Å². The number of carbonyl (C=O) groups excluding carboxylic acids is 6. The molecule has 0 bridgehead atoms. The molecule has 0 aromatic heterocycles. The van der Waals surface area contributed by atoms with Gasteiger partial charge in [0.1, 0.15) is 46.9 Å². The summed E-state index contributed by atoms with van der Waals surface area (Å²) in [6.45, 7) is 11.3. The highest BCUT2D eigenvalue weighted by Crippen LogP contribution is 2.16. The van der Waals surface area contributed by atoms with Crippen LogP contribution in [0, 0.1) is 0 Å². The molecule has 0 fully saturated rings. The summed E-state index contributed by atoms with van der Waals surface area (Å²) in [5.74, 6) is -1.58. The second-order valence-corrected chi connectivity index (χ2v) is 20.8. The van der Waals surface area contributed by atoms with Crippen LogP contribution in [0.2, 0.25) is 0 Å². The van der Waals surface area contributed by atoms with Gasteiger partial charge in [-0.2, -0.15) is 0 Å². The van der Waals surface area contributed by atoms with E-state index in [9.17, 15) is 39.0 Å². The average Bonchev–Trinajstić information content (AvgIpc) is 3.33. The number of phenolic OH excluding ortho intramolecular Hbond substituents is 2. The van der Waals surface area contributed by atoms with Gasteiger partial charge in [0.15, 0.2) is 0 Å². The molecule has 0 heterocycles. The third-order valence-electron chi connectivity index (χ3n) is 11.8. The van der Waals surface area contributed by atoms with Crippen LogP contribution in [0.4, 0.5) is 9.59 Å². The van der Waals surface area contributed by atoms with Gasteiger partial charge in [-0.1, -0.05) is 136 Å². The predicted molar refractivity (Wildman–Crippen MR) is 286 cm³/mol. The number of hydrogen-bond donors (Lipinski definition) is 8. The minimum Gasteiger partial charge on any atom is -0.508 e. The lowest BCUT2D eigenvalue weighted by atomic mass is 10.0. The van der Waals surface area contributed by atoms with E-state index in [0.29, 0.717) is 13.1 Å². The summed E-state index contributed by atoms with van der Waals surface area (Å²) < 4.78 is 10.9. The Hall–Kier alpha value is -7.10. The Morgan fingerprint density at radius 2 is 0.649 bits per heavy atom. The van der Waals surface area contributed by atoms with Crippen LogP contribution < -0.4 is 31.9 Å². The standard InChI is InChI=1S/C58H80N6O10/c1-57(2,3)73-55(71)63-49(37-41-23-17-15-18-24-41)53(69)61-47(39-43-27-31-45(65)32-28-43)51(67)59-35-21-13-11-9-7-8-10-12-14-22-36-60-52(68)48(40-44-29-33-46(66)34-30-44)62-54(70)50(38-42-25-19-16-20-26-42)64-56(72)74-58(4,5)6/h15-20,23-34,47-50,65-66H,7-14,21-22,35-40H2,1-6H3,(H,59,67)(H,60,68)(H,61,69)(H,62,70)(H,63,71)(H,64,72)/t47-,48-,49+,50+/m0/s1. The molecule has 0 aliphatic heterocycles. The first kappa shape index (κ1) is 59.5. The molecule has 8 N–H and O–H groups in total. The molecule has 4 aromatic rings. The van der Waals surface area contributed by atoms with Crippen LogP contribution in [-0.2, 0) is 54.3 Å². The molecular formula is C58H80N6O10. The number of hydrogen-bond acceptors (Lipinski definition) is 10. The Kier molecular flexibility index (Phi) is 24.8. The van der Waals surface area contributed by atoms with E-state index in [1.807, 2.05) is 60.7 Å². The second-order valence-electron chi connectivity index (χ2n) is 20.8. The highest BCUT2D eigenvalue weighted by atomic mass is 16.6. The average molecular weight is 1020 g/mol. The van der Waals surface area contributed by atoms with Crippen molar-refractivity contribution in [1.82, 2.24) is 31.9 Å². The number of amides is 6. The molecule has 4 aromatic carbocycles. The highest BCUT2D eigenvalue weighted by molar-refractivity contribution is 5.92. The number of rotatable bonds is 29. The van der Waals surface area contributed by atoms with Gasteiger partial charge >= 0.3 is 12.2 Å². The van der Waals surface area contributed by atoms with Crippen LogP contribution >= 0.6 is 0 Å². The molecule has 0 radical (unpaired) electrons. The monoisotopic (exact) mass is 1020 g/mol. The minimum atomic E-state index is -1.01. The van der Waals surface area contributed by atoms with Crippen molar-refractivity contribution in [2.24, 2.45) is 0 Å². The van der Waals surface area contributed by atoms with E-state index in [4.69, 9.17) is 9.47 Å². The molecule has 4 atom stereocenters. The summed E-state index contributed by atoms with van der Waals surface area (Å²) >= 11 is 0. The van der Waals surface area contributed by atoms with E-state index >= 15 is 0 Å². The van der Waals surface area contributed by atoms with Crippen LogP contribution in [-0.4, -0.2) is 94.5 Å². The van der Waals surface area contributed by atoms with E-state index < -0.39 is 59.4 Å². The van der Waals surface area contributed by atoms with Gasteiger partial charge in [-0.3, -0.25) is 19.2 Å². The smallest absolute Gasteiger partial charge is 0.408 e. The van der Waals surface area contributed by atoms with Gasteiger partial charge in [0, 0.05) is 38.8 Å². The molecule has 4 rings (SSSR count). The van der Waals surface area contributed by atoms with Crippen molar-refractivity contribution < 1.29 is 48.5 Å². The number of nitrogens with one attached hydrogen (secondary N) is 6. The normalized spacial score (nSPS) is 13.0. The second kappa shape index (κ2) is 30.8. The Morgan fingerprint density at radius 1 is 0.378 bits per heavy atom. The molecule has 0 spiro atoms. The maximum atomic E-state index is 13.8. The van der Waals surface area contributed by atoms with Gasteiger partial charge in [0.2, 0.25) is 23.6 Å². The van der Waals surface area contributed by atoms with E-state index in [2.05, 4.69) is 31.9 Å². The fraction of sp³-hybridized carbons (Fsp3) is 0.483. The number of alkyl carbamates (subject to hydrolysis) is 2. The lowest BCUT2D eigenvalue weighted by Crippen LogP contribution is -2.55. The number of phenols is 2. The maximum Gasteiger partial charge on any atom is 0.408 e. The molecule has 0 saturated heterocycles. The topological polar surface area (TPSA) is 234 Å². The summed E-state index contributed by atoms with van der Waals surface area (Å²) in [4.78, 5) is 80.4. The first-order valence-electron chi connectivity index (χ1n) is 26.0. The molecular weight excluding hydrogens is 941 g/mol. The first-order valence-corrected chi connectivity index (χ1v) is 26.0. The van der Waals surface area contributed by atoms with E-state index in [1.165, 1.54) is 24.3 Å². The van der Waals surface area contributed by atoms with E-state index in [-0.39, 0.29) is 49.0 Å². The molecule has 16 nitrogen and oxygen atoms in total. The van der Waals surface area contributed by atoms with Crippen molar-refractivity contribution in [2.75, 3.05) is 13.1 Å². The molecule has 0 unspecified atom stereocenters. The fourth-order valence-electron chi connectivity index (χ4n) is 8.05. The van der Waals surface area contributed by atoms with Crippen LogP contribution in [0.15, 0.2) is 109 Å².